The van der Waals surface area contributed by atoms with Crippen molar-refractivity contribution in [3.05, 3.63) is 12.7 Å². The second kappa shape index (κ2) is 7.51. The van der Waals surface area contributed by atoms with E-state index in [0.717, 1.165) is 26.3 Å². The van der Waals surface area contributed by atoms with Gasteiger partial charge in [0.25, 0.3) is 0 Å². The van der Waals surface area contributed by atoms with Gasteiger partial charge < -0.3 is 10.1 Å². The fraction of sp³-hybridized carbons (Fsp3) is 0.786. The Bertz CT molecular complexity index is 429. The van der Waals surface area contributed by atoms with Gasteiger partial charge >= 0.3 is 0 Å². The molecule has 7 nitrogen and oxygen atoms in total. The van der Waals surface area contributed by atoms with Crippen molar-refractivity contribution >= 4 is 5.91 Å². The summed E-state index contributed by atoms with van der Waals surface area (Å²) in [4.78, 5) is 18.5. The minimum absolute atomic E-state index is 0.0283. The molecule has 2 atom stereocenters. The molecule has 1 aliphatic heterocycles. The number of carbonyl (C=O) groups excluding carboxylic acids is 1. The number of hydrogen-bond donors (Lipinski definition) is 1. The van der Waals surface area contributed by atoms with Gasteiger partial charge in [-0.2, -0.15) is 5.10 Å². The monoisotopic (exact) mass is 295 g/mol. The van der Waals surface area contributed by atoms with Crippen molar-refractivity contribution in [3.63, 3.8) is 0 Å². The fourth-order valence-electron chi connectivity index (χ4n) is 2.59. The van der Waals surface area contributed by atoms with Gasteiger partial charge in [0.05, 0.1) is 13.2 Å². The Kier molecular flexibility index (Phi) is 5.69. The first-order chi connectivity index (χ1) is 10.1. The molecule has 0 radical (unpaired) electrons. The van der Waals surface area contributed by atoms with E-state index in [1.165, 1.54) is 6.33 Å². The van der Waals surface area contributed by atoms with E-state index in [0.29, 0.717) is 18.5 Å². The molecule has 2 heterocycles. The van der Waals surface area contributed by atoms with Gasteiger partial charge in [-0.25, -0.2) is 9.67 Å². The van der Waals surface area contributed by atoms with Gasteiger partial charge in [-0.1, -0.05) is 13.8 Å². The van der Waals surface area contributed by atoms with Crippen LogP contribution in [0, 0.1) is 5.92 Å². The quantitative estimate of drug-likeness (QED) is 0.818. The predicted molar refractivity (Wildman–Crippen MR) is 78.8 cm³/mol. The molecule has 7 heteroatoms. The third kappa shape index (κ3) is 4.25. The lowest BCUT2D eigenvalue weighted by atomic mass is 10.0. The number of hydrogen-bond acceptors (Lipinski definition) is 5. The first kappa shape index (κ1) is 15.9. The highest BCUT2D eigenvalue weighted by Gasteiger charge is 2.25. The largest absolute Gasteiger partial charge is 0.379 e. The third-order valence-corrected chi connectivity index (χ3v) is 3.98. The Hall–Kier alpha value is -1.47. The average Bonchev–Trinajstić information content (AvgIpc) is 3.01. The van der Waals surface area contributed by atoms with Gasteiger partial charge in [-0.05, 0) is 12.8 Å². The zero-order chi connectivity index (χ0) is 15.2. The number of nitrogens with one attached hydrogen (secondary N) is 1. The minimum Gasteiger partial charge on any atom is -0.379 e. The number of nitrogens with zero attached hydrogens (tertiary/aromatic N) is 4. The summed E-state index contributed by atoms with van der Waals surface area (Å²) in [5, 5.41) is 7.05. The molecule has 118 valence electrons. The van der Waals surface area contributed by atoms with Crippen LogP contribution in [0.5, 0.6) is 0 Å². The van der Waals surface area contributed by atoms with Crippen LogP contribution in [0.3, 0.4) is 0 Å². The molecule has 1 fully saturated rings. The molecule has 1 aromatic rings. The Morgan fingerprint density at radius 2 is 2.05 bits per heavy atom. The van der Waals surface area contributed by atoms with Gasteiger partial charge in [0.1, 0.15) is 18.7 Å². The Morgan fingerprint density at radius 1 is 1.33 bits per heavy atom. The van der Waals surface area contributed by atoms with Crippen molar-refractivity contribution in [2.45, 2.75) is 32.9 Å². The van der Waals surface area contributed by atoms with E-state index in [1.807, 2.05) is 6.92 Å². The topological polar surface area (TPSA) is 72.3 Å². The molecular weight excluding hydrogens is 270 g/mol. The first-order valence-electron chi connectivity index (χ1n) is 7.53. The smallest absolute Gasteiger partial charge is 0.244 e. The molecule has 2 rings (SSSR count). The first-order valence-corrected chi connectivity index (χ1v) is 7.53. The van der Waals surface area contributed by atoms with Crippen LogP contribution in [-0.4, -0.2) is 64.5 Å². The SMILES string of the molecule is CC(C)[C@@H](CNC(=O)[C@@H](C)n1cncn1)N1CCOCC1. The zero-order valence-corrected chi connectivity index (χ0v) is 13.0. The highest BCUT2D eigenvalue weighted by atomic mass is 16.5. The standard InChI is InChI=1S/C14H25N5O2/c1-11(2)13(18-4-6-21-7-5-18)8-16-14(20)12(3)19-10-15-9-17-19/h9-13H,4-8H2,1-3H3,(H,16,20)/t12-,13-/m1/s1. The van der Waals surface area contributed by atoms with Gasteiger partial charge in [0, 0.05) is 25.7 Å². The van der Waals surface area contributed by atoms with Crippen LogP contribution in [0.1, 0.15) is 26.8 Å². The summed E-state index contributed by atoms with van der Waals surface area (Å²) in [5.41, 5.74) is 0. The molecule has 0 unspecified atom stereocenters. The molecule has 0 aromatic carbocycles. The van der Waals surface area contributed by atoms with E-state index in [4.69, 9.17) is 4.74 Å². The molecule has 0 spiro atoms. The number of amides is 1. The maximum Gasteiger partial charge on any atom is 0.244 e. The summed E-state index contributed by atoms with van der Waals surface area (Å²) in [6, 6.07) is -0.00852. The Morgan fingerprint density at radius 3 is 2.62 bits per heavy atom. The highest BCUT2D eigenvalue weighted by Crippen LogP contribution is 2.12. The summed E-state index contributed by atoms with van der Waals surface area (Å²) >= 11 is 0. The van der Waals surface area contributed by atoms with E-state index in [1.54, 1.807) is 11.0 Å². The minimum atomic E-state index is -0.343. The predicted octanol–water partition coefficient (Wildman–Crippen LogP) is 0.312. The van der Waals surface area contributed by atoms with Crippen LogP contribution < -0.4 is 5.32 Å². The van der Waals surface area contributed by atoms with Crippen molar-refractivity contribution < 1.29 is 9.53 Å². The van der Waals surface area contributed by atoms with Crippen LogP contribution in [0.4, 0.5) is 0 Å². The van der Waals surface area contributed by atoms with Crippen molar-refractivity contribution in [1.82, 2.24) is 25.0 Å². The van der Waals surface area contributed by atoms with Crippen LogP contribution in [0.2, 0.25) is 0 Å². The molecule has 1 aromatic heterocycles. The molecule has 1 aliphatic rings. The van der Waals surface area contributed by atoms with Gasteiger partial charge in [-0.3, -0.25) is 9.69 Å². The maximum absolute atomic E-state index is 12.2. The van der Waals surface area contributed by atoms with E-state index in [2.05, 4.69) is 34.1 Å². The summed E-state index contributed by atoms with van der Waals surface area (Å²) in [7, 11) is 0. The second-order valence-electron chi connectivity index (χ2n) is 5.76. The summed E-state index contributed by atoms with van der Waals surface area (Å²) in [5.74, 6) is 0.449. The second-order valence-corrected chi connectivity index (χ2v) is 5.76. The normalized spacial score (nSPS) is 19.4. The summed E-state index contributed by atoms with van der Waals surface area (Å²) in [6.07, 6.45) is 3.00. The van der Waals surface area contributed by atoms with Crippen molar-refractivity contribution in [3.8, 4) is 0 Å². The molecule has 21 heavy (non-hydrogen) atoms. The molecule has 0 bridgehead atoms. The third-order valence-electron chi connectivity index (χ3n) is 3.98. The number of aromatic nitrogens is 3. The van der Waals surface area contributed by atoms with Crippen molar-refractivity contribution in [1.29, 1.82) is 0 Å². The van der Waals surface area contributed by atoms with E-state index in [9.17, 15) is 4.79 Å². The Labute approximate surface area is 125 Å². The average molecular weight is 295 g/mol. The Balaban J connectivity index is 1.87. The molecular formula is C14H25N5O2. The summed E-state index contributed by atoms with van der Waals surface area (Å²) in [6.45, 7) is 10.2. The van der Waals surface area contributed by atoms with Gasteiger partial charge in [-0.15, -0.1) is 0 Å². The van der Waals surface area contributed by atoms with Crippen molar-refractivity contribution in [2.24, 2.45) is 5.92 Å². The number of ether oxygens (including phenoxy) is 1. The lowest BCUT2D eigenvalue weighted by molar-refractivity contribution is -0.124. The zero-order valence-electron chi connectivity index (χ0n) is 13.0. The van der Waals surface area contributed by atoms with Crippen LogP contribution in [0.15, 0.2) is 12.7 Å². The van der Waals surface area contributed by atoms with Crippen molar-refractivity contribution in [2.75, 3.05) is 32.8 Å². The molecule has 1 amide bonds. The summed E-state index contributed by atoms with van der Waals surface area (Å²) < 4.78 is 6.96. The van der Waals surface area contributed by atoms with Gasteiger partial charge in [0.15, 0.2) is 0 Å². The van der Waals surface area contributed by atoms with Crippen LogP contribution >= 0.6 is 0 Å². The number of carbonyl (C=O) groups is 1. The fourth-order valence-corrected chi connectivity index (χ4v) is 2.59. The van der Waals surface area contributed by atoms with Crippen LogP contribution in [0.25, 0.3) is 0 Å². The molecule has 0 saturated carbocycles. The van der Waals surface area contributed by atoms with Crippen LogP contribution in [-0.2, 0) is 9.53 Å². The van der Waals surface area contributed by atoms with E-state index in [-0.39, 0.29) is 11.9 Å². The highest BCUT2D eigenvalue weighted by molar-refractivity contribution is 5.79. The lowest BCUT2D eigenvalue weighted by Gasteiger charge is -2.37. The number of rotatable bonds is 6. The molecule has 0 aliphatic carbocycles. The molecule has 1 saturated heterocycles. The lowest BCUT2D eigenvalue weighted by Crippen LogP contribution is -2.51. The molecule has 1 N–H and O–H groups in total. The van der Waals surface area contributed by atoms with Gasteiger partial charge in [0.2, 0.25) is 5.91 Å². The number of morpholine rings is 1. The maximum atomic E-state index is 12.2. The van der Waals surface area contributed by atoms with E-state index >= 15 is 0 Å². The van der Waals surface area contributed by atoms with E-state index < -0.39 is 0 Å².